The molecule has 0 bridgehead atoms. The molecular weight excluding hydrogens is 315 g/mol. The zero-order valence-corrected chi connectivity index (χ0v) is 12.5. The summed E-state index contributed by atoms with van der Waals surface area (Å²) in [6.45, 7) is 0. The monoisotopic (exact) mass is 324 g/mol. The van der Waals surface area contributed by atoms with E-state index in [2.05, 4.69) is 5.32 Å². The summed E-state index contributed by atoms with van der Waals surface area (Å²) in [4.78, 5) is 12.4. The fourth-order valence-electron chi connectivity index (χ4n) is 1.58. The van der Waals surface area contributed by atoms with Crippen LogP contribution in [-0.2, 0) is 0 Å². The first-order valence-electron chi connectivity index (χ1n) is 5.64. The number of carbonyl (C=O) groups is 1. The van der Waals surface area contributed by atoms with Gasteiger partial charge in [0.05, 0.1) is 15.7 Å². The van der Waals surface area contributed by atoms with Crippen LogP contribution in [0.2, 0.25) is 10.0 Å². The van der Waals surface area contributed by atoms with Crippen LogP contribution in [0.4, 0.5) is 5.69 Å². The van der Waals surface area contributed by atoms with Crippen molar-refractivity contribution in [1.29, 1.82) is 0 Å². The van der Waals surface area contributed by atoms with Crippen LogP contribution in [0, 0.1) is 0 Å². The summed E-state index contributed by atoms with van der Waals surface area (Å²) in [6, 6.07) is 11.7. The van der Waals surface area contributed by atoms with Crippen LogP contribution >= 0.6 is 35.4 Å². The van der Waals surface area contributed by atoms with Crippen LogP contribution in [0.1, 0.15) is 15.9 Å². The summed E-state index contributed by atoms with van der Waals surface area (Å²) in [5.41, 5.74) is 7.14. The van der Waals surface area contributed by atoms with Crippen LogP contribution in [-0.4, -0.2) is 10.9 Å². The fraction of sp³-hybridized carbons (Fsp3) is 0. The molecule has 0 aliphatic rings. The molecule has 3 nitrogen and oxygen atoms in total. The van der Waals surface area contributed by atoms with E-state index in [0.29, 0.717) is 26.9 Å². The first kappa shape index (κ1) is 14.8. The minimum atomic E-state index is -0.288. The Bertz CT molecular complexity index is 671. The Labute approximate surface area is 131 Å². The van der Waals surface area contributed by atoms with Crippen molar-refractivity contribution in [2.24, 2.45) is 5.73 Å². The number of anilines is 1. The number of amides is 1. The third-order valence-corrected chi connectivity index (χ3v) is 3.69. The van der Waals surface area contributed by atoms with Crippen molar-refractivity contribution in [2.45, 2.75) is 0 Å². The summed E-state index contributed by atoms with van der Waals surface area (Å²) >= 11 is 16.8. The molecular formula is C14H10Cl2N2OS. The molecule has 3 N–H and O–H groups in total. The van der Waals surface area contributed by atoms with Gasteiger partial charge in [0.15, 0.2) is 0 Å². The van der Waals surface area contributed by atoms with Crippen molar-refractivity contribution in [3.63, 3.8) is 0 Å². The van der Waals surface area contributed by atoms with E-state index in [4.69, 9.17) is 41.2 Å². The van der Waals surface area contributed by atoms with Crippen LogP contribution in [0.5, 0.6) is 0 Å². The zero-order chi connectivity index (χ0) is 14.7. The van der Waals surface area contributed by atoms with Gasteiger partial charge in [0.2, 0.25) is 0 Å². The number of thiocarbonyl (C=S) groups is 1. The van der Waals surface area contributed by atoms with Gasteiger partial charge in [-0.2, -0.15) is 0 Å². The lowest BCUT2D eigenvalue weighted by molar-refractivity contribution is 0.102. The summed E-state index contributed by atoms with van der Waals surface area (Å²) < 4.78 is 0. The topological polar surface area (TPSA) is 55.1 Å². The van der Waals surface area contributed by atoms with Crippen LogP contribution in [0.3, 0.4) is 0 Å². The maximum atomic E-state index is 12.1. The van der Waals surface area contributed by atoms with Gasteiger partial charge < -0.3 is 11.1 Å². The first-order chi connectivity index (χ1) is 9.49. The molecule has 0 aromatic heterocycles. The number of halogens is 2. The molecule has 0 spiro atoms. The van der Waals surface area contributed by atoms with Gasteiger partial charge in [0.1, 0.15) is 4.99 Å². The molecule has 0 heterocycles. The van der Waals surface area contributed by atoms with Gasteiger partial charge in [0, 0.05) is 11.1 Å². The maximum Gasteiger partial charge on any atom is 0.255 e. The molecule has 2 rings (SSSR count). The Morgan fingerprint density at radius 2 is 1.65 bits per heavy atom. The molecule has 2 aromatic rings. The van der Waals surface area contributed by atoms with E-state index >= 15 is 0 Å². The fourth-order valence-corrected chi connectivity index (χ4v) is 2.06. The van der Waals surface area contributed by atoms with Crippen molar-refractivity contribution in [2.75, 3.05) is 5.32 Å². The molecule has 0 aliphatic heterocycles. The molecule has 0 aliphatic carbocycles. The Morgan fingerprint density at radius 3 is 2.25 bits per heavy atom. The van der Waals surface area contributed by atoms with Gasteiger partial charge in [-0.1, -0.05) is 53.6 Å². The number of benzene rings is 2. The van der Waals surface area contributed by atoms with Gasteiger partial charge in [-0.3, -0.25) is 4.79 Å². The van der Waals surface area contributed by atoms with E-state index in [-0.39, 0.29) is 10.9 Å². The van der Waals surface area contributed by atoms with Crippen molar-refractivity contribution in [3.8, 4) is 0 Å². The summed E-state index contributed by atoms with van der Waals surface area (Å²) in [5.74, 6) is -0.288. The lowest BCUT2D eigenvalue weighted by atomic mass is 10.1. The Morgan fingerprint density at radius 1 is 1.05 bits per heavy atom. The SMILES string of the molecule is NC(=S)c1ccc(C(=O)Nc2cccc(Cl)c2Cl)cc1. The molecule has 0 fully saturated rings. The number of hydrogen-bond donors (Lipinski definition) is 2. The first-order valence-corrected chi connectivity index (χ1v) is 6.80. The minimum Gasteiger partial charge on any atom is -0.389 e. The van der Waals surface area contributed by atoms with Crippen molar-refractivity contribution in [3.05, 3.63) is 63.6 Å². The third-order valence-electron chi connectivity index (χ3n) is 2.63. The Hall–Kier alpha value is -1.62. The average molecular weight is 325 g/mol. The van der Waals surface area contributed by atoms with Crippen LogP contribution in [0.25, 0.3) is 0 Å². The summed E-state index contributed by atoms with van der Waals surface area (Å²) in [5, 5.41) is 3.39. The standard InChI is InChI=1S/C14H10Cl2N2OS/c15-10-2-1-3-11(12(10)16)18-14(19)9-6-4-8(5-7-9)13(17)20/h1-7H,(H2,17,20)(H,18,19). The highest BCUT2D eigenvalue weighted by molar-refractivity contribution is 7.80. The lowest BCUT2D eigenvalue weighted by Gasteiger charge is -2.08. The van der Waals surface area contributed by atoms with Crippen molar-refractivity contribution < 1.29 is 4.79 Å². The largest absolute Gasteiger partial charge is 0.389 e. The van der Waals surface area contributed by atoms with E-state index in [1.807, 2.05) is 0 Å². The van der Waals surface area contributed by atoms with Crippen molar-refractivity contribution >= 4 is 52.0 Å². The molecule has 20 heavy (non-hydrogen) atoms. The molecule has 0 saturated carbocycles. The number of hydrogen-bond acceptors (Lipinski definition) is 2. The Kier molecular flexibility index (Phi) is 4.60. The third kappa shape index (κ3) is 3.28. The van der Waals surface area contributed by atoms with Gasteiger partial charge >= 0.3 is 0 Å². The highest BCUT2D eigenvalue weighted by Gasteiger charge is 2.10. The second kappa shape index (κ2) is 6.22. The van der Waals surface area contributed by atoms with E-state index in [9.17, 15) is 4.79 Å². The van der Waals surface area contributed by atoms with Gasteiger partial charge in [-0.15, -0.1) is 0 Å². The van der Waals surface area contributed by atoms with Gasteiger partial charge in [0.25, 0.3) is 5.91 Å². The smallest absolute Gasteiger partial charge is 0.255 e. The average Bonchev–Trinajstić information content (AvgIpc) is 2.44. The van der Waals surface area contributed by atoms with Crippen molar-refractivity contribution in [1.82, 2.24) is 0 Å². The van der Waals surface area contributed by atoms with Gasteiger partial charge in [-0.05, 0) is 24.3 Å². The van der Waals surface area contributed by atoms with Crippen LogP contribution < -0.4 is 11.1 Å². The van der Waals surface area contributed by atoms with Gasteiger partial charge in [-0.25, -0.2) is 0 Å². The number of nitrogens with two attached hydrogens (primary N) is 1. The maximum absolute atomic E-state index is 12.1. The molecule has 0 radical (unpaired) electrons. The van der Waals surface area contributed by atoms with E-state index in [0.717, 1.165) is 0 Å². The predicted molar refractivity (Wildman–Crippen MR) is 86.7 cm³/mol. The molecule has 102 valence electrons. The number of rotatable bonds is 3. The normalized spacial score (nSPS) is 10.1. The molecule has 0 saturated heterocycles. The van der Waals surface area contributed by atoms with E-state index in [1.54, 1.807) is 42.5 Å². The number of nitrogens with one attached hydrogen (secondary N) is 1. The molecule has 1 amide bonds. The predicted octanol–water partition coefficient (Wildman–Crippen LogP) is 3.88. The highest BCUT2D eigenvalue weighted by Crippen LogP contribution is 2.29. The second-order valence-corrected chi connectivity index (χ2v) is 5.22. The lowest BCUT2D eigenvalue weighted by Crippen LogP contribution is -2.13. The molecule has 0 unspecified atom stereocenters. The van der Waals surface area contributed by atoms with E-state index in [1.165, 1.54) is 0 Å². The molecule has 6 heteroatoms. The Balaban J connectivity index is 2.20. The second-order valence-electron chi connectivity index (χ2n) is 4.00. The summed E-state index contributed by atoms with van der Waals surface area (Å²) in [7, 11) is 0. The number of carbonyl (C=O) groups excluding carboxylic acids is 1. The van der Waals surface area contributed by atoms with E-state index < -0.39 is 0 Å². The summed E-state index contributed by atoms with van der Waals surface area (Å²) in [6.07, 6.45) is 0. The quantitative estimate of drug-likeness (QED) is 0.842. The minimum absolute atomic E-state index is 0.287. The zero-order valence-electron chi connectivity index (χ0n) is 10.2. The highest BCUT2D eigenvalue weighted by atomic mass is 35.5. The molecule has 2 aromatic carbocycles. The molecule has 0 atom stereocenters. The van der Waals surface area contributed by atoms with Crippen LogP contribution in [0.15, 0.2) is 42.5 Å².